The van der Waals surface area contributed by atoms with Gasteiger partial charge in [-0.1, -0.05) is 25.1 Å². The first-order chi connectivity index (χ1) is 13.3. The summed E-state index contributed by atoms with van der Waals surface area (Å²) in [5.74, 6) is 0.640. The topological polar surface area (TPSA) is 63.4 Å². The normalized spacial score (nSPS) is 12.0. The highest BCUT2D eigenvalue weighted by molar-refractivity contribution is 5.70. The fraction of sp³-hybridized carbons (Fsp3) is 0.250. The molecule has 0 saturated carbocycles. The molecule has 3 rings (SSSR count). The van der Waals surface area contributed by atoms with Gasteiger partial charge in [-0.15, -0.1) is 0 Å². The Balaban J connectivity index is 1.89. The number of aryl methyl sites for hydroxylation is 3. The van der Waals surface area contributed by atoms with Crippen molar-refractivity contribution in [2.75, 3.05) is 0 Å². The van der Waals surface area contributed by atoms with Crippen molar-refractivity contribution in [1.82, 2.24) is 0 Å². The van der Waals surface area contributed by atoms with E-state index in [0.717, 1.165) is 28.7 Å². The molecule has 4 nitrogen and oxygen atoms in total. The summed E-state index contributed by atoms with van der Waals surface area (Å²) in [6.07, 6.45) is 0.906. The molecule has 0 saturated heterocycles. The molecule has 0 amide bonds. The Morgan fingerprint density at radius 2 is 1.61 bits per heavy atom. The van der Waals surface area contributed by atoms with Gasteiger partial charge in [-0.25, -0.2) is 0 Å². The summed E-state index contributed by atoms with van der Waals surface area (Å²) in [5, 5.41) is 20.5. The maximum absolute atomic E-state index is 10.9. The fourth-order valence-corrected chi connectivity index (χ4v) is 3.79. The van der Waals surface area contributed by atoms with Crippen molar-refractivity contribution in [3.63, 3.8) is 0 Å². The summed E-state index contributed by atoms with van der Waals surface area (Å²) < 4.78 is 0. The predicted octanol–water partition coefficient (Wildman–Crippen LogP) is 6.24. The second kappa shape index (κ2) is 7.85. The highest BCUT2D eigenvalue weighted by Gasteiger charge is 2.15. The van der Waals surface area contributed by atoms with Crippen LogP contribution >= 0.6 is 0 Å². The minimum Gasteiger partial charge on any atom is -0.508 e. The molecule has 0 radical (unpaired) electrons. The van der Waals surface area contributed by atoms with Crippen LogP contribution in [0.2, 0.25) is 0 Å². The molecule has 0 aliphatic carbocycles. The first-order valence-electron chi connectivity index (χ1n) is 9.40. The Bertz CT molecular complexity index is 1020. The number of nitrogens with zero attached hydrogens (tertiary/aromatic N) is 1. The van der Waals surface area contributed by atoms with Crippen LogP contribution in [-0.4, -0.2) is 10.0 Å². The molecule has 0 spiro atoms. The SMILES string of the molecule is Cc1cc(O)ccc1CC(C)c1cc(C)c(-c2ccc([N+](=O)[O-])cc2)cc1C. The predicted molar refractivity (Wildman–Crippen MR) is 113 cm³/mol. The number of phenolic OH excluding ortho intramolecular Hbond substituents is 1. The Morgan fingerprint density at radius 3 is 2.21 bits per heavy atom. The van der Waals surface area contributed by atoms with Gasteiger partial charge in [0.2, 0.25) is 0 Å². The summed E-state index contributed by atoms with van der Waals surface area (Å²) in [4.78, 5) is 10.5. The fourth-order valence-electron chi connectivity index (χ4n) is 3.79. The summed E-state index contributed by atoms with van der Waals surface area (Å²) in [7, 11) is 0. The molecule has 3 aromatic carbocycles. The van der Waals surface area contributed by atoms with E-state index >= 15 is 0 Å². The van der Waals surface area contributed by atoms with Crippen LogP contribution < -0.4 is 0 Å². The molecule has 144 valence electrons. The van der Waals surface area contributed by atoms with E-state index in [4.69, 9.17) is 0 Å². The monoisotopic (exact) mass is 375 g/mol. The summed E-state index contributed by atoms with van der Waals surface area (Å²) in [6, 6.07) is 16.7. The summed E-state index contributed by atoms with van der Waals surface area (Å²) in [6.45, 7) is 8.44. The van der Waals surface area contributed by atoms with Gasteiger partial charge in [0.1, 0.15) is 5.75 Å². The lowest BCUT2D eigenvalue weighted by molar-refractivity contribution is -0.384. The molecule has 0 heterocycles. The molecule has 4 heteroatoms. The quantitative estimate of drug-likeness (QED) is 0.424. The van der Waals surface area contributed by atoms with Crippen LogP contribution in [0.4, 0.5) is 5.69 Å². The Labute approximate surface area is 165 Å². The van der Waals surface area contributed by atoms with Crippen LogP contribution in [0.5, 0.6) is 5.75 Å². The molecular formula is C24H25NO3. The van der Waals surface area contributed by atoms with E-state index in [0.29, 0.717) is 11.7 Å². The standard InChI is InChI=1S/C24H25NO3/c1-15-12-22(26)10-7-20(15)11-16(2)23-13-18(4)24(14-17(23)3)19-5-8-21(9-6-19)25(27)28/h5-10,12-14,16,26H,11H2,1-4H3. The molecule has 0 fully saturated rings. The van der Waals surface area contributed by atoms with Crippen LogP contribution in [0.1, 0.15) is 40.7 Å². The van der Waals surface area contributed by atoms with Crippen LogP contribution in [0.3, 0.4) is 0 Å². The lowest BCUT2D eigenvalue weighted by Crippen LogP contribution is -2.03. The zero-order valence-corrected chi connectivity index (χ0v) is 16.7. The third kappa shape index (κ3) is 4.06. The first kappa shape index (κ1) is 19.6. The first-order valence-corrected chi connectivity index (χ1v) is 9.40. The Hall–Kier alpha value is -3.14. The van der Waals surface area contributed by atoms with Crippen LogP contribution in [0.25, 0.3) is 11.1 Å². The zero-order chi connectivity index (χ0) is 20.4. The van der Waals surface area contributed by atoms with Gasteiger partial charge in [0.25, 0.3) is 5.69 Å². The molecule has 0 bridgehead atoms. The number of nitro groups is 1. The highest BCUT2D eigenvalue weighted by atomic mass is 16.6. The van der Waals surface area contributed by atoms with E-state index in [1.165, 1.54) is 16.7 Å². The van der Waals surface area contributed by atoms with Gasteiger partial charge in [-0.05, 0) is 96.3 Å². The number of non-ortho nitro benzene ring substituents is 1. The highest BCUT2D eigenvalue weighted by Crippen LogP contribution is 2.32. The van der Waals surface area contributed by atoms with Crippen LogP contribution in [-0.2, 0) is 6.42 Å². The van der Waals surface area contributed by atoms with Crippen LogP contribution in [0.15, 0.2) is 54.6 Å². The van der Waals surface area contributed by atoms with Crippen molar-refractivity contribution in [3.8, 4) is 16.9 Å². The molecule has 0 aliphatic rings. The van der Waals surface area contributed by atoms with Crippen molar-refractivity contribution < 1.29 is 10.0 Å². The largest absolute Gasteiger partial charge is 0.508 e. The second-order valence-corrected chi connectivity index (χ2v) is 7.54. The second-order valence-electron chi connectivity index (χ2n) is 7.54. The molecule has 0 aromatic heterocycles. The number of aromatic hydroxyl groups is 1. The van der Waals surface area contributed by atoms with Gasteiger partial charge in [0, 0.05) is 12.1 Å². The molecule has 1 unspecified atom stereocenters. The van der Waals surface area contributed by atoms with Gasteiger partial charge in [-0.2, -0.15) is 0 Å². The number of phenols is 1. The van der Waals surface area contributed by atoms with E-state index in [9.17, 15) is 15.2 Å². The lowest BCUT2D eigenvalue weighted by Gasteiger charge is -2.19. The van der Waals surface area contributed by atoms with Gasteiger partial charge in [0.15, 0.2) is 0 Å². The van der Waals surface area contributed by atoms with Crippen LogP contribution in [0, 0.1) is 30.9 Å². The van der Waals surface area contributed by atoms with E-state index in [2.05, 4.69) is 32.9 Å². The molecule has 1 atom stereocenters. The van der Waals surface area contributed by atoms with E-state index in [1.54, 1.807) is 24.3 Å². The van der Waals surface area contributed by atoms with Gasteiger partial charge >= 0.3 is 0 Å². The number of rotatable bonds is 5. The van der Waals surface area contributed by atoms with E-state index < -0.39 is 0 Å². The van der Waals surface area contributed by atoms with Gasteiger partial charge in [0.05, 0.1) is 4.92 Å². The molecule has 28 heavy (non-hydrogen) atoms. The number of benzene rings is 3. The molecule has 3 aromatic rings. The van der Waals surface area contributed by atoms with Crippen molar-refractivity contribution in [1.29, 1.82) is 0 Å². The molecular weight excluding hydrogens is 350 g/mol. The third-order valence-corrected chi connectivity index (χ3v) is 5.39. The zero-order valence-electron chi connectivity index (χ0n) is 16.7. The van der Waals surface area contributed by atoms with Crippen molar-refractivity contribution >= 4 is 5.69 Å². The Morgan fingerprint density at radius 1 is 0.929 bits per heavy atom. The number of nitro benzene ring substituents is 1. The van der Waals surface area contributed by atoms with E-state index in [-0.39, 0.29) is 10.6 Å². The maximum Gasteiger partial charge on any atom is 0.269 e. The third-order valence-electron chi connectivity index (χ3n) is 5.39. The minimum atomic E-state index is -0.377. The number of hydrogen-bond acceptors (Lipinski definition) is 3. The van der Waals surface area contributed by atoms with Crippen molar-refractivity contribution in [2.45, 2.75) is 40.0 Å². The van der Waals surface area contributed by atoms with E-state index in [1.807, 2.05) is 25.1 Å². The summed E-state index contributed by atoms with van der Waals surface area (Å²) in [5.41, 5.74) is 8.20. The maximum atomic E-state index is 10.9. The smallest absolute Gasteiger partial charge is 0.269 e. The lowest BCUT2D eigenvalue weighted by atomic mass is 9.86. The number of hydrogen-bond donors (Lipinski definition) is 1. The summed E-state index contributed by atoms with van der Waals surface area (Å²) >= 11 is 0. The average Bonchev–Trinajstić information content (AvgIpc) is 2.65. The van der Waals surface area contributed by atoms with Gasteiger partial charge < -0.3 is 5.11 Å². The molecule has 0 aliphatic heterocycles. The average molecular weight is 375 g/mol. The van der Waals surface area contributed by atoms with Gasteiger partial charge in [-0.3, -0.25) is 10.1 Å². The minimum absolute atomic E-state index is 0.104. The Kier molecular flexibility index (Phi) is 5.50. The molecule has 1 N–H and O–H groups in total. The van der Waals surface area contributed by atoms with Crippen molar-refractivity contribution in [3.05, 3.63) is 92.5 Å². The van der Waals surface area contributed by atoms with Crippen molar-refractivity contribution in [2.24, 2.45) is 0 Å².